The number of hydrogen-bond acceptors (Lipinski definition) is 5. The van der Waals surface area contributed by atoms with Gasteiger partial charge in [0.1, 0.15) is 5.82 Å². The van der Waals surface area contributed by atoms with E-state index in [4.69, 9.17) is 9.97 Å². The maximum absolute atomic E-state index is 13.2. The lowest BCUT2D eigenvalue weighted by Gasteiger charge is -2.30. The van der Waals surface area contributed by atoms with Crippen molar-refractivity contribution in [2.24, 2.45) is 0 Å². The number of carbonyl (C=O) groups excluding carboxylic acids is 1. The number of rotatable bonds is 4. The Labute approximate surface area is 177 Å². The molecule has 5 nitrogen and oxygen atoms in total. The zero-order valence-electron chi connectivity index (χ0n) is 17.1. The number of aromatic nitrogens is 2. The van der Waals surface area contributed by atoms with E-state index in [0.29, 0.717) is 17.8 Å². The van der Waals surface area contributed by atoms with Gasteiger partial charge in [-0.15, -0.1) is 0 Å². The summed E-state index contributed by atoms with van der Waals surface area (Å²) in [6.45, 7) is 1.94. The first-order valence-corrected chi connectivity index (χ1v) is 10.8. The molecule has 30 heavy (non-hydrogen) atoms. The van der Waals surface area contributed by atoms with Gasteiger partial charge in [-0.3, -0.25) is 4.79 Å². The van der Waals surface area contributed by atoms with Crippen molar-refractivity contribution in [3.8, 4) is 0 Å². The summed E-state index contributed by atoms with van der Waals surface area (Å²) in [6.07, 6.45) is 4.83. The zero-order chi connectivity index (χ0) is 20.3. The molecule has 1 fully saturated rings. The Bertz CT molecular complexity index is 1030. The van der Waals surface area contributed by atoms with Crippen LogP contribution in [0.1, 0.15) is 53.2 Å². The van der Waals surface area contributed by atoms with Crippen LogP contribution in [0.5, 0.6) is 0 Å². The van der Waals surface area contributed by atoms with Crippen molar-refractivity contribution >= 4 is 23.2 Å². The van der Waals surface area contributed by atoms with Gasteiger partial charge in [-0.1, -0.05) is 48.5 Å². The van der Waals surface area contributed by atoms with E-state index in [1.807, 2.05) is 48.5 Å². The van der Waals surface area contributed by atoms with E-state index in [1.54, 1.807) is 0 Å². The molecule has 2 heterocycles. The molecule has 1 aliphatic carbocycles. The number of carbonyl (C=O) groups is 1. The Morgan fingerprint density at radius 3 is 2.27 bits per heavy atom. The molecule has 0 spiro atoms. The standard InChI is InChI=1S/C25H26N4O/c30-22-17-19(18-10-4-1-5-11-18)16-21-23(22)24(26-20-12-6-2-7-13-20)28-25(27-21)29-14-8-3-9-15-29/h1-2,4-7,10-13,19H,3,8-9,14-17H2,(H,26,27,28)/t19-/m1/s1. The molecule has 1 N–H and O–H groups in total. The molecule has 1 aromatic heterocycles. The summed E-state index contributed by atoms with van der Waals surface area (Å²) in [5.74, 6) is 1.67. The molecule has 5 rings (SSSR count). The van der Waals surface area contributed by atoms with Gasteiger partial charge in [-0.05, 0) is 49.3 Å². The Hall–Kier alpha value is -3.21. The van der Waals surface area contributed by atoms with E-state index in [2.05, 4.69) is 22.3 Å². The summed E-state index contributed by atoms with van der Waals surface area (Å²) >= 11 is 0. The summed E-state index contributed by atoms with van der Waals surface area (Å²) in [7, 11) is 0. The van der Waals surface area contributed by atoms with E-state index in [1.165, 1.54) is 12.0 Å². The molecular formula is C25H26N4O. The van der Waals surface area contributed by atoms with Crippen LogP contribution in [0.25, 0.3) is 0 Å². The highest BCUT2D eigenvalue weighted by Gasteiger charge is 2.32. The fourth-order valence-corrected chi connectivity index (χ4v) is 4.51. The second-order valence-corrected chi connectivity index (χ2v) is 8.17. The molecule has 2 aliphatic rings. The van der Waals surface area contributed by atoms with Gasteiger partial charge < -0.3 is 10.2 Å². The van der Waals surface area contributed by atoms with Crippen LogP contribution in [0.2, 0.25) is 0 Å². The Morgan fingerprint density at radius 2 is 1.53 bits per heavy atom. The van der Waals surface area contributed by atoms with E-state index >= 15 is 0 Å². The predicted octanol–water partition coefficient (Wildman–Crippen LogP) is 5.12. The molecule has 1 atom stereocenters. The molecule has 2 aromatic carbocycles. The topological polar surface area (TPSA) is 58.1 Å². The summed E-state index contributed by atoms with van der Waals surface area (Å²) in [6, 6.07) is 20.2. The van der Waals surface area contributed by atoms with E-state index in [0.717, 1.165) is 49.7 Å². The van der Waals surface area contributed by atoms with Crippen molar-refractivity contribution in [2.75, 3.05) is 23.3 Å². The van der Waals surface area contributed by atoms with Crippen LogP contribution >= 0.6 is 0 Å². The second kappa shape index (κ2) is 8.27. The van der Waals surface area contributed by atoms with Gasteiger partial charge in [-0.2, -0.15) is 4.98 Å². The zero-order valence-corrected chi connectivity index (χ0v) is 17.1. The molecule has 0 saturated carbocycles. The second-order valence-electron chi connectivity index (χ2n) is 8.17. The number of nitrogens with one attached hydrogen (secondary N) is 1. The van der Waals surface area contributed by atoms with Gasteiger partial charge in [0.15, 0.2) is 5.78 Å². The molecule has 3 aromatic rings. The molecule has 0 bridgehead atoms. The van der Waals surface area contributed by atoms with Crippen molar-refractivity contribution < 1.29 is 4.79 Å². The lowest BCUT2D eigenvalue weighted by Crippen LogP contribution is -2.32. The summed E-state index contributed by atoms with van der Waals surface area (Å²) in [4.78, 5) is 25.3. The number of fused-ring (bicyclic) bond motifs is 1. The minimum absolute atomic E-state index is 0.119. The van der Waals surface area contributed by atoms with Crippen LogP contribution in [0, 0.1) is 0 Å². The first-order valence-electron chi connectivity index (χ1n) is 10.8. The number of Topliss-reactive ketones (excluding diaryl/α,β-unsaturated/α-hetero) is 1. The van der Waals surface area contributed by atoms with Crippen molar-refractivity contribution in [1.82, 2.24) is 9.97 Å². The highest BCUT2D eigenvalue weighted by atomic mass is 16.1. The third kappa shape index (κ3) is 3.80. The maximum atomic E-state index is 13.2. The lowest BCUT2D eigenvalue weighted by molar-refractivity contribution is 0.0963. The number of ketones is 1. The van der Waals surface area contributed by atoms with E-state index in [-0.39, 0.29) is 11.7 Å². The molecule has 152 valence electrons. The van der Waals surface area contributed by atoms with Gasteiger partial charge in [0, 0.05) is 25.2 Å². The van der Waals surface area contributed by atoms with E-state index < -0.39 is 0 Å². The molecule has 1 saturated heterocycles. The number of benzene rings is 2. The predicted molar refractivity (Wildman–Crippen MR) is 120 cm³/mol. The van der Waals surface area contributed by atoms with Crippen LogP contribution in [0.4, 0.5) is 17.5 Å². The first-order chi connectivity index (χ1) is 14.8. The van der Waals surface area contributed by atoms with Gasteiger partial charge in [-0.25, -0.2) is 4.98 Å². The Balaban J connectivity index is 1.56. The Kier molecular flexibility index (Phi) is 5.18. The highest BCUT2D eigenvalue weighted by Crippen LogP contribution is 2.36. The summed E-state index contributed by atoms with van der Waals surface area (Å²) in [5.41, 5.74) is 3.66. The number of piperidine rings is 1. The quantitative estimate of drug-likeness (QED) is 0.661. The van der Waals surface area contributed by atoms with Crippen molar-refractivity contribution in [2.45, 2.75) is 38.0 Å². The van der Waals surface area contributed by atoms with Gasteiger partial charge in [0.2, 0.25) is 5.95 Å². The fraction of sp³-hybridized carbons (Fsp3) is 0.320. The smallest absolute Gasteiger partial charge is 0.227 e. The minimum atomic E-state index is 0.119. The summed E-state index contributed by atoms with van der Waals surface area (Å²) < 4.78 is 0. The third-order valence-corrected chi connectivity index (χ3v) is 6.07. The van der Waals surface area contributed by atoms with Crippen molar-refractivity contribution in [1.29, 1.82) is 0 Å². The first kappa shape index (κ1) is 18.8. The normalized spacial score (nSPS) is 18.7. The van der Waals surface area contributed by atoms with Crippen LogP contribution in [0.15, 0.2) is 60.7 Å². The molecule has 0 amide bonds. The number of anilines is 3. The number of hydrogen-bond donors (Lipinski definition) is 1. The molecule has 1 aliphatic heterocycles. The molecule has 0 radical (unpaired) electrons. The van der Waals surface area contributed by atoms with Crippen molar-refractivity contribution in [3.63, 3.8) is 0 Å². The monoisotopic (exact) mass is 398 g/mol. The van der Waals surface area contributed by atoms with Crippen LogP contribution in [-0.4, -0.2) is 28.8 Å². The Morgan fingerprint density at radius 1 is 0.833 bits per heavy atom. The average molecular weight is 399 g/mol. The molecule has 5 heteroatoms. The molecule has 0 unspecified atom stereocenters. The van der Waals surface area contributed by atoms with E-state index in [9.17, 15) is 4.79 Å². The highest BCUT2D eigenvalue weighted by molar-refractivity contribution is 6.03. The van der Waals surface area contributed by atoms with Crippen molar-refractivity contribution in [3.05, 3.63) is 77.5 Å². The maximum Gasteiger partial charge on any atom is 0.227 e. The minimum Gasteiger partial charge on any atom is -0.341 e. The number of nitrogens with zero attached hydrogens (tertiary/aromatic N) is 3. The van der Waals surface area contributed by atoms with Crippen LogP contribution < -0.4 is 10.2 Å². The van der Waals surface area contributed by atoms with Gasteiger partial charge >= 0.3 is 0 Å². The van der Waals surface area contributed by atoms with Crippen LogP contribution in [0.3, 0.4) is 0 Å². The van der Waals surface area contributed by atoms with Gasteiger partial charge in [0.05, 0.1) is 11.3 Å². The third-order valence-electron chi connectivity index (χ3n) is 6.07. The summed E-state index contributed by atoms with van der Waals surface area (Å²) in [5, 5.41) is 3.40. The average Bonchev–Trinajstić information content (AvgIpc) is 2.80. The SMILES string of the molecule is O=C1C[C@H](c2ccccc2)Cc2nc(N3CCCCC3)nc(Nc3ccccc3)c21. The fourth-order valence-electron chi connectivity index (χ4n) is 4.51. The lowest BCUT2D eigenvalue weighted by atomic mass is 9.82. The largest absolute Gasteiger partial charge is 0.341 e. The number of para-hydroxylation sites is 1. The van der Waals surface area contributed by atoms with Crippen LogP contribution in [-0.2, 0) is 6.42 Å². The van der Waals surface area contributed by atoms with Gasteiger partial charge in [0.25, 0.3) is 0 Å². The molecular weight excluding hydrogens is 372 g/mol.